The molecule has 108 valence electrons. The van der Waals surface area contributed by atoms with Gasteiger partial charge < -0.3 is 14.6 Å². The van der Waals surface area contributed by atoms with Gasteiger partial charge >= 0.3 is 12.1 Å². The molecule has 0 fully saturated rings. The third kappa shape index (κ3) is 6.01. The molecule has 1 rings (SSSR count). The van der Waals surface area contributed by atoms with Gasteiger partial charge in [0.05, 0.1) is 13.2 Å². The summed E-state index contributed by atoms with van der Waals surface area (Å²) in [6.07, 6.45) is 2.32. The lowest BCUT2D eigenvalue weighted by Crippen LogP contribution is -2.15. The highest BCUT2D eigenvalue weighted by molar-refractivity contribution is 5.87. The zero-order chi connectivity index (χ0) is 14.8. The Morgan fingerprint density at radius 3 is 2.55 bits per heavy atom. The number of carbonyl (C=O) groups excluding carboxylic acids is 2. The summed E-state index contributed by atoms with van der Waals surface area (Å²) in [5.74, 6) is -0.401. The molecule has 0 heterocycles. The molecule has 6 heteroatoms. The molecular formula is C14H17NO5. The summed E-state index contributed by atoms with van der Waals surface area (Å²) in [6.45, 7) is 1.81. The van der Waals surface area contributed by atoms with E-state index in [-0.39, 0.29) is 13.2 Å². The fraction of sp³-hybridized carbons (Fsp3) is 0.286. The number of hydrogen-bond donors (Lipinski definition) is 2. The van der Waals surface area contributed by atoms with Gasteiger partial charge in [-0.1, -0.05) is 12.1 Å². The average molecular weight is 279 g/mol. The summed E-state index contributed by atoms with van der Waals surface area (Å²) in [7, 11) is 0. The number of ether oxygens (including phenoxy) is 2. The molecule has 1 amide bonds. The monoisotopic (exact) mass is 279 g/mol. The number of carbonyl (C=O) groups is 2. The highest BCUT2D eigenvalue weighted by Crippen LogP contribution is 2.11. The number of amides is 1. The molecule has 0 aliphatic heterocycles. The molecule has 0 spiro atoms. The van der Waals surface area contributed by atoms with E-state index in [2.05, 4.69) is 10.1 Å². The maximum Gasteiger partial charge on any atom is 0.411 e. The molecule has 2 N–H and O–H groups in total. The van der Waals surface area contributed by atoms with Crippen molar-refractivity contribution >= 4 is 23.8 Å². The van der Waals surface area contributed by atoms with Gasteiger partial charge in [-0.3, -0.25) is 5.32 Å². The van der Waals surface area contributed by atoms with Crippen LogP contribution in [0.15, 0.2) is 30.3 Å². The molecular weight excluding hydrogens is 262 g/mol. The number of nitrogens with one attached hydrogen (secondary N) is 1. The van der Waals surface area contributed by atoms with Crippen LogP contribution in [0, 0.1) is 0 Å². The first-order valence-corrected chi connectivity index (χ1v) is 6.15. The Hall–Kier alpha value is -2.34. The molecule has 0 aliphatic carbocycles. The Labute approximate surface area is 117 Å². The summed E-state index contributed by atoms with van der Waals surface area (Å²) in [5, 5.41) is 11.0. The van der Waals surface area contributed by atoms with Crippen LogP contribution < -0.4 is 5.32 Å². The van der Waals surface area contributed by atoms with Gasteiger partial charge in [-0.2, -0.15) is 0 Å². The van der Waals surface area contributed by atoms with Crippen molar-refractivity contribution in [1.29, 1.82) is 0 Å². The molecule has 6 nitrogen and oxygen atoms in total. The van der Waals surface area contributed by atoms with Crippen molar-refractivity contribution in [2.75, 3.05) is 25.1 Å². The third-order valence-corrected chi connectivity index (χ3v) is 2.18. The van der Waals surface area contributed by atoms with E-state index in [0.717, 1.165) is 5.56 Å². The summed E-state index contributed by atoms with van der Waals surface area (Å²) in [6, 6.07) is 6.81. The SMILES string of the molecule is CCOC(=O)C=Cc1ccc(NC(=O)OCCO)cc1. The van der Waals surface area contributed by atoms with Gasteiger partial charge in [-0.05, 0) is 30.7 Å². The maximum absolute atomic E-state index is 11.2. The van der Waals surface area contributed by atoms with Gasteiger partial charge in [0.1, 0.15) is 6.61 Å². The van der Waals surface area contributed by atoms with Crippen LogP contribution in [0.25, 0.3) is 6.08 Å². The maximum atomic E-state index is 11.2. The molecule has 0 bridgehead atoms. The highest BCUT2D eigenvalue weighted by atomic mass is 16.6. The van der Waals surface area contributed by atoms with Gasteiger partial charge in [0, 0.05) is 11.8 Å². The third-order valence-electron chi connectivity index (χ3n) is 2.18. The second-order valence-corrected chi connectivity index (χ2v) is 3.69. The highest BCUT2D eigenvalue weighted by Gasteiger charge is 2.02. The van der Waals surface area contributed by atoms with Crippen LogP contribution in [0.2, 0.25) is 0 Å². The predicted molar refractivity (Wildman–Crippen MR) is 74.2 cm³/mol. The zero-order valence-corrected chi connectivity index (χ0v) is 11.2. The summed E-state index contributed by atoms with van der Waals surface area (Å²) in [4.78, 5) is 22.3. The van der Waals surface area contributed by atoms with Crippen LogP contribution in [-0.2, 0) is 14.3 Å². The number of anilines is 1. The van der Waals surface area contributed by atoms with Gasteiger partial charge in [0.25, 0.3) is 0 Å². The minimum Gasteiger partial charge on any atom is -0.463 e. The predicted octanol–water partition coefficient (Wildman–Crippen LogP) is 1.80. The molecule has 0 aromatic heterocycles. The quantitative estimate of drug-likeness (QED) is 0.612. The van der Waals surface area contributed by atoms with Gasteiger partial charge in [-0.25, -0.2) is 9.59 Å². The fourth-order valence-corrected chi connectivity index (χ4v) is 1.32. The second kappa shape index (κ2) is 8.71. The van der Waals surface area contributed by atoms with E-state index >= 15 is 0 Å². The van der Waals surface area contributed by atoms with Crippen molar-refractivity contribution in [2.45, 2.75) is 6.92 Å². The van der Waals surface area contributed by atoms with Crippen LogP contribution in [0.1, 0.15) is 12.5 Å². The minimum absolute atomic E-state index is 0.0494. The zero-order valence-electron chi connectivity index (χ0n) is 11.2. The van der Waals surface area contributed by atoms with Crippen molar-refractivity contribution in [2.24, 2.45) is 0 Å². The van der Waals surface area contributed by atoms with E-state index in [4.69, 9.17) is 9.84 Å². The van der Waals surface area contributed by atoms with Crippen molar-refractivity contribution in [3.8, 4) is 0 Å². The van der Waals surface area contributed by atoms with E-state index in [9.17, 15) is 9.59 Å². The molecule has 0 saturated carbocycles. The number of esters is 1. The normalized spacial score (nSPS) is 10.3. The average Bonchev–Trinajstić information content (AvgIpc) is 2.45. The Morgan fingerprint density at radius 2 is 1.95 bits per heavy atom. The molecule has 0 unspecified atom stereocenters. The van der Waals surface area contributed by atoms with Crippen LogP contribution in [0.4, 0.5) is 10.5 Å². The van der Waals surface area contributed by atoms with Crippen molar-refractivity contribution in [3.05, 3.63) is 35.9 Å². The Morgan fingerprint density at radius 1 is 1.25 bits per heavy atom. The first kappa shape index (κ1) is 15.7. The largest absolute Gasteiger partial charge is 0.463 e. The Balaban J connectivity index is 2.51. The van der Waals surface area contributed by atoms with Gasteiger partial charge in [0.15, 0.2) is 0 Å². The van der Waals surface area contributed by atoms with Crippen LogP contribution in [0.5, 0.6) is 0 Å². The fourth-order valence-electron chi connectivity index (χ4n) is 1.32. The van der Waals surface area contributed by atoms with Crippen molar-refractivity contribution in [3.63, 3.8) is 0 Å². The molecule has 1 aromatic carbocycles. The molecule has 0 aliphatic rings. The summed E-state index contributed by atoms with van der Waals surface area (Å²) in [5.41, 5.74) is 1.36. The van der Waals surface area contributed by atoms with Crippen molar-refractivity contribution < 1.29 is 24.2 Å². The van der Waals surface area contributed by atoms with E-state index < -0.39 is 12.1 Å². The first-order valence-electron chi connectivity index (χ1n) is 6.15. The number of aliphatic hydroxyl groups excluding tert-OH is 1. The van der Waals surface area contributed by atoms with E-state index in [1.54, 1.807) is 37.3 Å². The van der Waals surface area contributed by atoms with Gasteiger partial charge in [-0.15, -0.1) is 0 Å². The smallest absolute Gasteiger partial charge is 0.411 e. The summed E-state index contributed by atoms with van der Waals surface area (Å²) >= 11 is 0. The Bertz CT molecular complexity index is 467. The number of aliphatic hydroxyl groups is 1. The van der Waals surface area contributed by atoms with Crippen LogP contribution in [0.3, 0.4) is 0 Å². The molecule has 0 saturated heterocycles. The van der Waals surface area contributed by atoms with Crippen LogP contribution >= 0.6 is 0 Å². The lowest BCUT2D eigenvalue weighted by molar-refractivity contribution is -0.137. The van der Waals surface area contributed by atoms with E-state index in [1.165, 1.54) is 6.08 Å². The lowest BCUT2D eigenvalue weighted by Gasteiger charge is -2.05. The minimum atomic E-state index is -0.631. The molecule has 0 atom stereocenters. The van der Waals surface area contributed by atoms with E-state index in [1.807, 2.05) is 0 Å². The number of benzene rings is 1. The Kier molecular flexibility index (Phi) is 6.84. The summed E-state index contributed by atoms with van der Waals surface area (Å²) < 4.78 is 9.41. The molecule has 20 heavy (non-hydrogen) atoms. The second-order valence-electron chi connectivity index (χ2n) is 3.69. The van der Waals surface area contributed by atoms with Crippen molar-refractivity contribution in [1.82, 2.24) is 0 Å². The van der Waals surface area contributed by atoms with E-state index in [0.29, 0.717) is 12.3 Å². The number of rotatable bonds is 6. The molecule has 1 aromatic rings. The first-order chi connectivity index (χ1) is 9.65. The van der Waals surface area contributed by atoms with Gasteiger partial charge in [0.2, 0.25) is 0 Å². The molecule has 0 radical (unpaired) electrons. The lowest BCUT2D eigenvalue weighted by atomic mass is 10.2. The number of hydrogen-bond acceptors (Lipinski definition) is 5. The topological polar surface area (TPSA) is 84.9 Å². The standard InChI is InChI=1S/C14H17NO5/c1-2-19-13(17)8-5-11-3-6-12(7-4-11)15-14(18)20-10-9-16/h3-8,16H,2,9-10H2,1H3,(H,15,18). The van der Waals surface area contributed by atoms with Crippen LogP contribution in [-0.4, -0.2) is 37.0 Å².